The lowest BCUT2D eigenvalue weighted by Gasteiger charge is -2.21. The van der Waals surface area contributed by atoms with Crippen LogP contribution in [0.2, 0.25) is 5.02 Å². The predicted octanol–water partition coefficient (Wildman–Crippen LogP) is 5.26. The number of halogens is 2. The summed E-state index contributed by atoms with van der Waals surface area (Å²) >= 11 is 6.72. The summed E-state index contributed by atoms with van der Waals surface area (Å²) < 4.78 is 46.9. The Hall–Kier alpha value is -1.90. The second kappa shape index (κ2) is 6.68. The Morgan fingerprint density at radius 3 is 2.77 bits per heavy atom. The molecule has 2 aromatic heterocycles. The lowest BCUT2D eigenvalue weighted by molar-refractivity contribution is 0.338. The molecule has 0 atom stereocenters. The Kier molecular flexibility index (Phi) is 4.50. The Labute approximate surface area is 158 Å². The number of rotatable bonds is 5. The van der Waals surface area contributed by atoms with Gasteiger partial charge in [-0.2, -0.15) is 0 Å². The quantitative estimate of drug-likeness (QED) is 0.620. The van der Waals surface area contributed by atoms with Gasteiger partial charge in [0.1, 0.15) is 10.0 Å². The van der Waals surface area contributed by atoms with Gasteiger partial charge < -0.3 is 4.42 Å². The Bertz CT molecular complexity index is 1060. The van der Waals surface area contributed by atoms with E-state index in [-0.39, 0.29) is 14.9 Å². The number of hydrogen-bond acceptors (Lipinski definition) is 5. The minimum absolute atomic E-state index is 0.0587. The third-order valence-corrected chi connectivity index (χ3v) is 7.43. The van der Waals surface area contributed by atoms with E-state index in [0.29, 0.717) is 22.4 Å². The van der Waals surface area contributed by atoms with E-state index in [1.54, 1.807) is 12.3 Å². The second-order valence-electron chi connectivity index (χ2n) is 6.04. The summed E-state index contributed by atoms with van der Waals surface area (Å²) in [4.78, 5) is 4.94. The molecular formula is C17H14ClFN2O3S2. The van der Waals surface area contributed by atoms with E-state index < -0.39 is 15.8 Å². The maximum atomic E-state index is 13.9. The maximum absolute atomic E-state index is 13.9. The highest BCUT2D eigenvalue weighted by Crippen LogP contribution is 2.39. The molecule has 0 radical (unpaired) electrons. The topological polar surface area (TPSA) is 72.2 Å². The molecule has 136 valence electrons. The summed E-state index contributed by atoms with van der Waals surface area (Å²) in [5.41, 5.74) is -0.156. The van der Waals surface area contributed by atoms with Gasteiger partial charge in [0.15, 0.2) is 11.7 Å². The van der Waals surface area contributed by atoms with Gasteiger partial charge in [-0.25, -0.2) is 17.8 Å². The zero-order valence-electron chi connectivity index (χ0n) is 13.4. The number of benzene rings is 1. The molecule has 3 aromatic rings. The second-order valence-corrected chi connectivity index (χ2v) is 9.47. The average molecular weight is 413 g/mol. The summed E-state index contributed by atoms with van der Waals surface area (Å²) in [5, 5.41) is 0.191. The molecule has 1 aliphatic rings. The van der Waals surface area contributed by atoms with Crippen LogP contribution in [0.3, 0.4) is 0 Å². The molecule has 0 unspecified atom stereocenters. The van der Waals surface area contributed by atoms with Crippen LogP contribution in [-0.4, -0.2) is 13.4 Å². The van der Waals surface area contributed by atoms with E-state index in [4.69, 9.17) is 16.0 Å². The van der Waals surface area contributed by atoms with E-state index in [1.165, 1.54) is 24.6 Å². The van der Waals surface area contributed by atoms with Crippen LogP contribution < -0.4 is 4.72 Å². The van der Waals surface area contributed by atoms with Gasteiger partial charge in [0, 0.05) is 10.9 Å². The lowest BCUT2D eigenvalue weighted by Crippen LogP contribution is -2.12. The Morgan fingerprint density at radius 1 is 1.27 bits per heavy atom. The summed E-state index contributed by atoms with van der Waals surface area (Å²) in [6.45, 7) is 0. The maximum Gasteiger partial charge on any atom is 0.271 e. The summed E-state index contributed by atoms with van der Waals surface area (Å²) in [5.74, 6) is 0.862. The number of thiophene rings is 1. The minimum atomic E-state index is -3.92. The minimum Gasteiger partial charge on any atom is -0.440 e. The number of nitrogens with one attached hydrogen (secondary N) is 1. The van der Waals surface area contributed by atoms with Crippen LogP contribution in [-0.2, 0) is 10.0 Å². The molecule has 9 heteroatoms. The molecule has 4 rings (SSSR count). The van der Waals surface area contributed by atoms with Crippen molar-refractivity contribution >= 4 is 38.6 Å². The fourth-order valence-electron chi connectivity index (χ4n) is 2.61. The van der Waals surface area contributed by atoms with Crippen LogP contribution >= 0.6 is 22.9 Å². The molecule has 5 nitrogen and oxygen atoms in total. The first-order valence-electron chi connectivity index (χ1n) is 7.96. The first kappa shape index (κ1) is 17.5. The van der Waals surface area contributed by atoms with E-state index in [2.05, 4.69) is 9.71 Å². The van der Waals surface area contributed by atoms with Crippen LogP contribution in [0, 0.1) is 5.82 Å². The standard InChI is InChI=1S/C17H14ClFN2O3S2/c18-11-4-5-13(12(19)8-11)21-26(22,23)16-7-6-15(25-16)14-9-20-17(24-14)10-2-1-3-10/h4-10,21H,1-3H2. The molecule has 26 heavy (non-hydrogen) atoms. The molecule has 0 spiro atoms. The fourth-order valence-corrected chi connectivity index (χ4v) is 5.09. The van der Waals surface area contributed by atoms with Crippen LogP contribution in [0.15, 0.2) is 45.2 Å². The molecule has 0 aliphatic heterocycles. The lowest BCUT2D eigenvalue weighted by atomic mass is 9.85. The zero-order valence-corrected chi connectivity index (χ0v) is 15.8. The predicted molar refractivity (Wildman–Crippen MR) is 98.6 cm³/mol. The first-order valence-corrected chi connectivity index (χ1v) is 10.6. The van der Waals surface area contributed by atoms with Crippen molar-refractivity contribution in [3.8, 4) is 10.6 Å². The Morgan fingerprint density at radius 2 is 2.08 bits per heavy atom. The van der Waals surface area contributed by atoms with Crippen molar-refractivity contribution in [1.82, 2.24) is 4.98 Å². The van der Waals surface area contributed by atoms with Gasteiger partial charge in [0.05, 0.1) is 16.8 Å². The van der Waals surface area contributed by atoms with Gasteiger partial charge in [-0.3, -0.25) is 4.72 Å². The molecule has 0 saturated heterocycles. The molecule has 1 aromatic carbocycles. The number of sulfonamides is 1. The average Bonchev–Trinajstić information content (AvgIpc) is 3.17. The van der Waals surface area contributed by atoms with E-state index in [0.717, 1.165) is 30.2 Å². The third kappa shape index (κ3) is 3.36. The van der Waals surface area contributed by atoms with E-state index >= 15 is 0 Å². The Balaban J connectivity index is 1.57. The zero-order chi connectivity index (χ0) is 18.3. The van der Waals surface area contributed by atoms with E-state index in [9.17, 15) is 12.8 Å². The smallest absolute Gasteiger partial charge is 0.271 e. The van der Waals surface area contributed by atoms with Crippen LogP contribution in [0.5, 0.6) is 0 Å². The van der Waals surface area contributed by atoms with Gasteiger partial charge in [-0.1, -0.05) is 18.0 Å². The summed E-state index contributed by atoms with van der Waals surface area (Å²) in [7, 11) is -3.92. The molecular weight excluding hydrogens is 399 g/mol. The van der Waals surface area contributed by atoms with Crippen molar-refractivity contribution in [2.45, 2.75) is 29.4 Å². The van der Waals surface area contributed by atoms with Crippen molar-refractivity contribution < 1.29 is 17.2 Å². The van der Waals surface area contributed by atoms with E-state index in [1.807, 2.05) is 0 Å². The molecule has 1 fully saturated rings. The molecule has 1 aliphatic carbocycles. The number of nitrogens with zero attached hydrogens (tertiary/aromatic N) is 1. The van der Waals surface area contributed by atoms with Crippen LogP contribution in [0.4, 0.5) is 10.1 Å². The summed E-state index contributed by atoms with van der Waals surface area (Å²) in [6, 6.07) is 6.86. The highest BCUT2D eigenvalue weighted by molar-refractivity contribution is 7.94. The van der Waals surface area contributed by atoms with Crippen LogP contribution in [0.1, 0.15) is 31.1 Å². The van der Waals surface area contributed by atoms with Crippen molar-refractivity contribution in [2.24, 2.45) is 0 Å². The van der Waals surface area contributed by atoms with Gasteiger partial charge in [0.2, 0.25) is 0 Å². The third-order valence-electron chi connectivity index (χ3n) is 4.24. The normalized spacial score (nSPS) is 15.0. The monoisotopic (exact) mass is 412 g/mol. The van der Waals surface area contributed by atoms with Gasteiger partial charge in [-0.05, 0) is 43.2 Å². The largest absolute Gasteiger partial charge is 0.440 e. The van der Waals surface area contributed by atoms with Crippen molar-refractivity contribution in [2.75, 3.05) is 4.72 Å². The van der Waals surface area contributed by atoms with Gasteiger partial charge in [-0.15, -0.1) is 11.3 Å². The van der Waals surface area contributed by atoms with Gasteiger partial charge >= 0.3 is 0 Å². The number of oxazole rings is 1. The van der Waals surface area contributed by atoms with Gasteiger partial charge in [0.25, 0.3) is 10.0 Å². The first-order chi connectivity index (χ1) is 12.4. The molecule has 1 N–H and O–H groups in total. The van der Waals surface area contributed by atoms with Crippen molar-refractivity contribution in [3.63, 3.8) is 0 Å². The number of hydrogen-bond donors (Lipinski definition) is 1. The molecule has 1 saturated carbocycles. The summed E-state index contributed by atoms with van der Waals surface area (Å²) in [6.07, 6.45) is 4.93. The van der Waals surface area contributed by atoms with Crippen molar-refractivity contribution in [3.05, 3.63) is 53.3 Å². The highest BCUT2D eigenvalue weighted by Gasteiger charge is 2.25. The number of aromatic nitrogens is 1. The molecule has 0 bridgehead atoms. The van der Waals surface area contributed by atoms with Crippen molar-refractivity contribution in [1.29, 1.82) is 0 Å². The fraction of sp³-hybridized carbons (Fsp3) is 0.235. The number of anilines is 1. The molecule has 2 heterocycles. The molecule has 0 amide bonds. The van der Waals surface area contributed by atoms with Crippen LogP contribution in [0.25, 0.3) is 10.6 Å². The highest BCUT2D eigenvalue weighted by atomic mass is 35.5. The SMILES string of the molecule is O=S(=O)(Nc1ccc(Cl)cc1F)c1ccc(-c2cnc(C3CCC3)o2)s1.